The molecule has 0 saturated carbocycles. The molecule has 0 aliphatic rings. The van der Waals surface area contributed by atoms with Crippen LogP contribution in [-0.2, 0) is 0 Å². The fourth-order valence-corrected chi connectivity index (χ4v) is 16.9. The zero-order chi connectivity index (χ0) is 65.8. The van der Waals surface area contributed by atoms with Crippen molar-refractivity contribution < 1.29 is 4.42 Å². The third-order valence-electron chi connectivity index (χ3n) is 20.5. The van der Waals surface area contributed by atoms with Gasteiger partial charge in [-0.15, -0.1) is 11.3 Å². The summed E-state index contributed by atoms with van der Waals surface area (Å²) in [5, 5.41) is 19.4. The van der Waals surface area contributed by atoms with Gasteiger partial charge in [-0.1, -0.05) is 243 Å². The van der Waals surface area contributed by atoms with E-state index in [2.05, 4.69) is 368 Å². The van der Waals surface area contributed by atoms with Crippen LogP contribution in [0.25, 0.3) is 162 Å². The van der Waals surface area contributed by atoms with Crippen LogP contribution in [0.4, 0.5) is 34.1 Å². The molecular weight excluding hydrogens is 1230 g/mol. The molecular formula is C96H60N2OS. The van der Waals surface area contributed by atoms with E-state index < -0.39 is 0 Å². The number of nitrogens with zero attached hydrogens (tertiary/aromatic N) is 2. The highest BCUT2D eigenvalue weighted by molar-refractivity contribution is 7.26. The highest BCUT2D eigenvalue weighted by Crippen LogP contribution is 2.49. The second kappa shape index (κ2) is 23.5. The fraction of sp³-hybridized carbons (Fsp3) is 0. The van der Waals surface area contributed by atoms with Gasteiger partial charge in [-0.25, -0.2) is 0 Å². The summed E-state index contributed by atoms with van der Waals surface area (Å²) in [6.45, 7) is 0. The smallest absolute Gasteiger partial charge is 0.137 e. The standard InChI is InChI=1S/C96H60N2OS/c1-2-20-63-51-66(45-43-61(63)19-1)64-23-13-27-73(52-64)97(77-49-50-85-84-36-9-11-40-92(84)99-93(85)60-77)74-28-15-25-68(54-74)89-59-72-48-47-71(58-90(72)83-35-8-7-34-82(83)89)79-38-17-22-62-44-46-67(56-87(62)79)65-24-14-29-75(53-65)98(91-39-18-42-95-96(91)86-37-10-12-41-94(86)100-95)76-30-16-26-69(55-76)88-57-70-21-3-4-31-78(70)80-32-5-6-33-81(80)88/h1-60H. The van der Waals surface area contributed by atoms with E-state index >= 15 is 0 Å². The highest BCUT2D eigenvalue weighted by Gasteiger charge is 2.23. The molecule has 0 spiro atoms. The van der Waals surface area contributed by atoms with Crippen LogP contribution in [0.5, 0.6) is 0 Å². The summed E-state index contributed by atoms with van der Waals surface area (Å²) in [6.07, 6.45) is 0. The predicted octanol–water partition coefficient (Wildman–Crippen LogP) is 28.1. The fourth-order valence-electron chi connectivity index (χ4n) is 15.8. The van der Waals surface area contributed by atoms with E-state index in [0.29, 0.717) is 0 Å². The number of hydrogen-bond donors (Lipinski definition) is 0. The Morgan fingerprint density at radius 2 is 0.650 bits per heavy atom. The molecule has 0 amide bonds. The van der Waals surface area contributed by atoms with Crippen LogP contribution in [0, 0.1) is 0 Å². The molecule has 20 aromatic rings. The molecule has 2 aromatic heterocycles. The number of furan rings is 1. The van der Waals surface area contributed by atoms with Crippen molar-refractivity contribution in [3.63, 3.8) is 0 Å². The maximum atomic E-state index is 6.57. The summed E-state index contributed by atoms with van der Waals surface area (Å²) in [6, 6.07) is 134. The molecule has 0 unspecified atom stereocenters. The van der Waals surface area contributed by atoms with Crippen LogP contribution in [0.3, 0.4) is 0 Å². The van der Waals surface area contributed by atoms with Gasteiger partial charge < -0.3 is 14.2 Å². The Morgan fingerprint density at radius 1 is 0.200 bits per heavy atom. The van der Waals surface area contributed by atoms with Gasteiger partial charge in [0.15, 0.2) is 0 Å². The summed E-state index contributed by atoms with van der Waals surface area (Å²) in [4.78, 5) is 4.86. The first kappa shape index (κ1) is 57.4. The van der Waals surface area contributed by atoms with E-state index in [-0.39, 0.29) is 0 Å². The normalized spacial score (nSPS) is 11.8. The van der Waals surface area contributed by atoms with E-state index in [4.69, 9.17) is 4.42 Å². The first-order chi connectivity index (χ1) is 49.5. The number of anilines is 6. The topological polar surface area (TPSA) is 19.6 Å². The van der Waals surface area contributed by atoms with Gasteiger partial charge in [0.1, 0.15) is 11.2 Å². The maximum Gasteiger partial charge on any atom is 0.137 e. The Bertz CT molecular complexity index is 6710. The van der Waals surface area contributed by atoms with Gasteiger partial charge in [-0.05, 0) is 236 Å². The molecule has 0 bridgehead atoms. The van der Waals surface area contributed by atoms with Gasteiger partial charge in [0.05, 0.1) is 5.69 Å². The van der Waals surface area contributed by atoms with Crippen molar-refractivity contribution >= 4 is 152 Å². The lowest BCUT2D eigenvalue weighted by Gasteiger charge is -2.27. The van der Waals surface area contributed by atoms with Gasteiger partial charge in [0.2, 0.25) is 0 Å². The number of benzene rings is 18. The lowest BCUT2D eigenvalue weighted by Crippen LogP contribution is -2.10. The lowest BCUT2D eigenvalue weighted by atomic mass is 9.90. The van der Waals surface area contributed by atoms with E-state index in [1.807, 2.05) is 17.4 Å². The minimum absolute atomic E-state index is 0.852. The molecule has 0 radical (unpaired) electrons. The number of hydrogen-bond acceptors (Lipinski definition) is 4. The Hall–Kier alpha value is -12.9. The third-order valence-corrected chi connectivity index (χ3v) is 21.7. The summed E-state index contributed by atoms with van der Waals surface area (Å²) in [5.74, 6) is 0. The predicted molar refractivity (Wildman–Crippen MR) is 428 cm³/mol. The van der Waals surface area contributed by atoms with Crippen LogP contribution < -0.4 is 9.80 Å². The summed E-state index contributed by atoms with van der Waals surface area (Å²) >= 11 is 1.86. The van der Waals surface area contributed by atoms with Gasteiger partial charge in [0.25, 0.3) is 0 Å². The zero-order valence-electron chi connectivity index (χ0n) is 54.4. The maximum absolute atomic E-state index is 6.57. The third kappa shape index (κ3) is 9.71. The minimum atomic E-state index is 0.852. The Morgan fingerprint density at radius 3 is 1.37 bits per heavy atom. The van der Waals surface area contributed by atoms with Crippen LogP contribution >= 0.6 is 11.3 Å². The minimum Gasteiger partial charge on any atom is -0.456 e. The van der Waals surface area contributed by atoms with Gasteiger partial charge in [0, 0.05) is 65.4 Å². The number of fused-ring (bicyclic) bond motifs is 14. The van der Waals surface area contributed by atoms with E-state index in [0.717, 1.165) is 78.3 Å². The second-order valence-corrected chi connectivity index (χ2v) is 27.4. The van der Waals surface area contributed by atoms with Crippen LogP contribution in [0.15, 0.2) is 368 Å². The Balaban J connectivity index is 0.682. The molecule has 18 aromatic carbocycles. The van der Waals surface area contributed by atoms with Crippen molar-refractivity contribution in [2.45, 2.75) is 0 Å². The van der Waals surface area contributed by atoms with E-state index in [1.54, 1.807) is 0 Å². The van der Waals surface area contributed by atoms with Crippen molar-refractivity contribution in [2.24, 2.45) is 0 Å². The molecule has 0 aliphatic heterocycles. The van der Waals surface area contributed by atoms with Crippen molar-refractivity contribution in [3.8, 4) is 55.6 Å². The van der Waals surface area contributed by atoms with Gasteiger partial charge >= 0.3 is 0 Å². The zero-order valence-corrected chi connectivity index (χ0v) is 55.2. The molecule has 0 N–H and O–H groups in total. The van der Waals surface area contributed by atoms with E-state index in [1.165, 1.54) is 118 Å². The highest BCUT2D eigenvalue weighted by atomic mass is 32.1. The number of para-hydroxylation sites is 1. The second-order valence-electron chi connectivity index (χ2n) is 26.3. The average Bonchev–Trinajstić information content (AvgIpc) is 1.58. The van der Waals surface area contributed by atoms with Crippen molar-refractivity contribution in [1.82, 2.24) is 0 Å². The van der Waals surface area contributed by atoms with Crippen molar-refractivity contribution in [3.05, 3.63) is 364 Å². The number of rotatable bonds is 11. The SMILES string of the molecule is c1cc(-c2ccc3ccccc3c2)cc(N(c2cccc(-c3cc4ccc(-c5cccc6ccc(-c7cccc(N(c8cccc(-c9cc%10ccccc%10c%10ccccc9%10)c8)c8cccc9sc%10ccccc%10c89)c7)cc56)cc4c4ccccc34)c2)c2ccc3c(c2)oc2ccccc23)c1. The Kier molecular flexibility index (Phi) is 13.5. The largest absolute Gasteiger partial charge is 0.456 e. The lowest BCUT2D eigenvalue weighted by molar-refractivity contribution is 0.669. The molecule has 0 fully saturated rings. The molecule has 466 valence electrons. The van der Waals surface area contributed by atoms with Crippen LogP contribution in [0.2, 0.25) is 0 Å². The summed E-state index contributed by atoms with van der Waals surface area (Å²) in [7, 11) is 0. The van der Waals surface area contributed by atoms with Gasteiger partial charge in [-0.2, -0.15) is 0 Å². The molecule has 0 aliphatic carbocycles. The molecule has 0 saturated heterocycles. The summed E-state index contributed by atoms with van der Waals surface area (Å²) in [5.41, 5.74) is 19.9. The van der Waals surface area contributed by atoms with Crippen LogP contribution in [0.1, 0.15) is 0 Å². The first-order valence-corrected chi connectivity index (χ1v) is 35.1. The molecule has 0 atom stereocenters. The average molecular weight is 1290 g/mol. The van der Waals surface area contributed by atoms with Crippen LogP contribution in [-0.4, -0.2) is 0 Å². The molecule has 3 nitrogen and oxygen atoms in total. The Labute approximate surface area is 582 Å². The molecule has 100 heavy (non-hydrogen) atoms. The van der Waals surface area contributed by atoms with E-state index in [9.17, 15) is 0 Å². The first-order valence-electron chi connectivity index (χ1n) is 34.3. The monoisotopic (exact) mass is 1290 g/mol. The quantitative estimate of drug-likeness (QED) is 0.120. The van der Waals surface area contributed by atoms with Crippen molar-refractivity contribution in [2.75, 3.05) is 9.80 Å². The van der Waals surface area contributed by atoms with Gasteiger partial charge in [-0.3, -0.25) is 0 Å². The molecule has 20 rings (SSSR count). The molecule has 2 heterocycles. The summed E-state index contributed by atoms with van der Waals surface area (Å²) < 4.78 is 9.11. The number of thiophene rings is 1. The van der Waals surface area contributed by atoms with Crippen molar-refractivity contribution in [1.29, 1.82) is 0 Å². The molecule has 4 heteroatoms.